The molecule has 6 nitrogen and oxygen atoms in total. The Labute approximate surface area is 115 Å². The number of nitrogens with two attached hydrogens (primary N) is 2. The summed E-state index contributed by atoms with van der Waals surface area (Å²) in [5.74, 6) is -0.415. The molecule has 0 aliphatic carbocycles. The molecule has 1 atom stereocenters. The quantitative estimate of drug-likeness (QED) is 0.746. The molecule has 2 rings (SSSR count). The van der Waals surface area contributed by atoms with E-state index in [1.54, 1.807) is 0 Å². The summed E-state index contributed by atoms with van der Waals surface area (Å²) in [7, 11) is 0. The van der Waals surface area contributed by atoms with Crippen LogP contribution in [0.2, 0.25) is 0 Å². The Hall–Kier alpha value is -1.78. The third-order valence-corrected chi connectivity index (χ3v) is 4.61. The average molecular weight is 280 g/mol. The number of hydrogen-bond acceptors (Lipinski definition) is 6. The van der Waals surface area contributed by atoms with Crippen LogP contribution in [0.3, 0.4) is 0 Å². The molecule has 1 fully saturated rings. The number of nitrogen functional groups attached to an aromatic ring is 1. The zero-order valence-electron chi connectivity index (χ0n) is 10.4. The fourth-order valence-electron chi connectivity index (χ4n) is 2.34. The van der Waals surface area contributed by atoms with Crippen LogP contribution in [0.5, 0.6) is 0 Å². The van der Waals surface area contributed by atoms with Gasteiger partial charge in [0.05, 0.1) is 5.69 Å². The Morgan fingerprint density at radius 1 is 1.63 bits per heavy atom. The highest BCUT2D eigenvalue weighted by molar-refractivity contribution is 7.19. The van der Waals surface area contributed by atoms with Crippen LogP contribution in [-0.4, -0.2) is 30.7 Å². The first kappa shape index (κ1) is 13.6. The van der Waals surface area contributed by atoms with Gasteiger partial charge < -0.3 is 21.5 Å². The number of primary amides is 1. The van der Waals surface area contributed by atoms with E-state index in [9.17, 15) is 15.2 Å². The van der Waals surface area contributed by atoms with Crippen molar-refractivity contribution in [2.45, 2.75) is 12.8 Å². The van der Waals surface area contributed by atoms with Gasteiger partial charge >= 0.3 is 0 Å². The van der Waals surface area contributed by atoms with Crippen molar-refractivity contribution in [2.75, 3.05) is 30.3 Å². The maximum atomic E-state index is 11.3. The molecule has 1 aliphatic heterocycles. The summed E-state index contributed by atoms with van der Waals surface area (Å²) < 4.78 is 0. The van der Waals surface area contributed by atoms with Gasteiger partial charge in [0.2, 0.25) is 0 Å². The lowest BCUT2D eigenvalue weighted by Gasteiger charge is -2.32. The molecule has 0 aromatic carbocycles. The number of amides is 1. The minimum absolute atomic E-state index is 0.127. The van der Waals surface area contributed by atoms with Gasteiger partial charge in [-0.25, -0.2) is 0 Å². The van der Waals surface area contributed by atoms with Crippen molar-refractivity contribution in [1.82, 2.24) is 0 Å². The topological polar surface area (TPSA) is 116 Å². The van der Waals surface area contributed by atoms with Gasteiger partial charge in [-0.15, -0.1) is 11.3 Å². The minimum Gasteiger partial charge on any atom is -0.396 e. The molecule has 1 aliphatic rings. The van der Waals surface area contributed by atoms with Crippen LogP contribution in [0.15, 0.2) is 0 Å². The number of aliphatic hydroxyl groups excluding tert-OH is 1. The van der Waals surface area contributed by atoms with Crippen LogP contribution in [0.1, 0.15) is 28.1 Å². The SMILES string of the molecule is N#Cc1c(N2CCCC(CO)C2)sc(C(N)=O)c1N. The molecule has 1 aromatic rings. The normalized spacial score (nSPS) is 19.2. The third-order valence-electron chi connectivity index (χ3n) is 3.33. The molecule has 1 amide bonds. The van der Waals surface area contributed by atoms with Crippen molar-refractivity contribution in [3.8, 4) is 6.07 Å². The van der Waals surface area contributed by atoms with Crippen LogP contribution >= 0.6 is 11.3 Å². The van der Waals surface area contributed by atoms with E-state index in [4.69, 9.17) is 11.5 Å². The number of aliphatic hydroxyl groups is 1. The number of anilines is 2. The molecular formula is C12H16N4O2S. The first-order chi connectivity index (χ1) is 9.08. The number of carbonyl (C=O) groups excluding carboxylic acids is 1. The molecule has 2 heterocycles. The Morgan fingerprint density at radius 3 is 2.95 bits per heavy atom. The second-order valence-electron chi connectivity index (χ2n) is 4.64. The number of rotatable bonds is 3. The van der Waals surface area contributed by atoms with E-state index < -0.39 is 5.91 Å². The Kier molecular flexibility index (Phi) is 3.93. The zero-order chi connectivity index (χ0) is 14.0. The molecular weight excluding hydrogens is 264 g/mol. The van der Waals surface area contributed by atoms with Gasteiger partial charge in [0.1, 0.15) is 21.5 Å². The van der Waals surface area contributed by atoms with Crippen molar-refractivity contribution < 1.29 is 9.90 Å². The largest absolute Gasteiger partial charge is 0.396 e. The molecule has 5 N–H and O–H groups in total. The summed E-state index contributed by atoms with van der Waals surface area (Å²) in [5, 5.41) is 19.1. The predicted octanol–water partition coefficient (Wildman–Crippen LogP) is 0.510. The van der Waals surface area contributed by atoms with E-state index in [2.05, 4.69) is 0 Å². The second kappa shape index (κ2) is 5.47. The van der Waals surface area contributed by atoms with E-state index in [-0.39, 0.29) is 23.1 Å². The first-order valence-electron chi connectivity index (χ1n) is 6.06. The van der Waals surface area contributed by atoms with Crippen molar-refractivity contribution in [3.63, 3.8) is 0 Å². The lowest BCUT2D eigenvalue weighted by molar-refractivity contribution is 0.100. The number of piperidine rings is 1. The maximum Gasteiger partial charge on any atom is 0.261 e. The van der Waals surface area contributed by atoms with Crippen LogP contribution in [0.4, 0.5) is 10.7 Å². The molecule has 1 saturated heterocycles. The summed E-state index contributed by atoms with van der Waals surface area (Å²) in [5.41, 5.74) is 11.5. The number of nitrogens with zero attached hydrogens (tertiary/aromatic N) is 2. The van der Waals surface area contributed by atoms with Gasteiger partial charge in [-0.3, -0.25) is 4.79 Å². The predicted molar refractivity (Wildman–Crippen MR) is 74.0 cm³/mol. The van der Waals surface area contributed by atoms with Crippen LogP contribution in [0.25, 0.3) is 0 Å². The Balaban J connectivity index is 2.36. The van der Waals surface area contributed by atoms with Crippen LogP contribution in [-0.2, 0) is 0 Å². The van der Waals surface area contributed by atoms with E-state index in [0.29, 0.717) is 17.1 Å². The third kappa shape index (κ3) is 2.50. The molecule has 0 radical (unpaired) electrons. The van der Waals surface area contributed by atoms with E-state index in [1.807, 2.05) is 11.0 Å². The Bertz CT molecular complexity index is 535. The van der Waals surface area contributed by atoms with Crippen LogP contribution in [0, 0.1) is 17.2 Å². The molecule has 1 unspecified atom stereocenters. The first-order valence-corrected chi connectivity index (χ1v) is 6.88. The number of thiophene rings is 1. The fraction of sp³-hybridized carbons (Fsp3) is 0.500. The number of nitriles is 1. The highest BCUT2D eigenvalue weighted by Gasteiger charge is 2.26. The summed E-state index contributed by atoms with van der Waals surface area (Å²) in [6.45, 7) is 1.59. The van der Waals surface area contributed by atoms with Crippen molar-refractivity contribution in [1.29, 1.82) is 5.26 Å². The van der Waals surface area contributed by atoms with Gasteiger partial charge in [-0.05, 0) is 18.8 Å². The molecule has 0 saturated carbocycles. The summed E-state index contributed by atoms with van der Waals surface area (Å²) in [4.78, 5) is 13.5. The highest BCUT2D eigenvalue weighted by Crippen LogP contribution is 2.39. The van der Waals surface area contributed by atoms with E-state index in [1.165, 1.54) is 0 Å². The monoisotopic (exact) mass is 280 g/mol. The molecule has 1 aromatic heterocycles. The lowest BCUT2D eigenvalue weighted by Crippen LogP contribution is -2.36. The molecule has 19 heavy (non-hydrogen) atoms. The zero-order valence-corrected chi connectivity index (χ0v) is 11.2. The van der Waals surface area contributed by atoms with E-state index >= 15 is 0 Å². The van der Waals surface area contributed by atoms with Gasteiger partial charge in [-0.2, -0.15) is 5.26 Å². The van der Waals surface area contributed by atoms with Crippen LogP contribution < -0.4 is 16.4 Å². The van der Waals surface area contributed by atoms with Gasteiger partial charge in [0.15, 0.2) is 0 Å². The molecule has 0 spiro atoms. The number of hydrogen-bond donors (Lipinski definition) is 3. The standard InChI is InChI=1S/C12H16N4O2S/c13-4-8-9(14)10(11(15)18)19-12(8)16-3-1-2-7(5-16)6-17/h7,17H,1-3,5-6,14H2,(H2,15,18). The van der Waals surface area contributed by atoms with Crippen molar-refractivity contribution in [2.24, 2.45) is 11.7 Å². The van der Waals surface area contributed by atoms with Crippen molar-refractivity contribution >= 4 is 27.9 Å². The fourth-order valence-corrected chi connectivity index (χ4v) is 3.40. The highest BCUT2D eigenvalue weighted by atomic mass is 32.1. The second-order valence-corrected chi connectivity index (χ2v) is 5.64. The van der Waals surface area contributed by atoms with Gasteiger partial charge in [0.25, 0.3) is 5.91 Å². The smallest absolute Gasteiger partial charge is 0.261 e. The lowest BCUT2D eigenvalue weighted by atomic mass is 9.99. The molecule has 7 heteroatoms. The average Bonchev–Trinajstić information content (AvgIpc) is 2.75. The molecule has 0 bridgehead atoms. The summed E-state index contributed by atoms with van der Waals surface area (Å²) >= 11 is 1.16. The summed E-state index contributed by atoms with van der Waals surface area (Å²) in [6.07, 6.45) is 1.91. The van der Waals surface area contributed by atoms with E-state index in [0.717, 1.165) is 30.7 Å². The maximum absolute atomic E-state index is 11.3. The molecule has 102 valence electrons. The minimum atomic E-state index is -0.610. The van der Waals surface area contributed by atoms with Gasteiger partial charge in [0, 0.05) is 19.7 Å². The van der Waals surface area contributed by atoms with Crippen molar-refractivity contribution in [3.05, 3.63) is 10.4 Å². The van der Waals surface area contributed by atoms with Gasteiger partial charge in [-0.1, -0.05) is 0 Å². The Morgan fingerprint density at radius 2 is 2.37 bits per heavy atom. The summed E-state index contributed by atoms with van der Waals surface area (Å²) in [6, 6.07) is 2.04. The number of carbonyl (C=O) groups is 1.